The number of thioether (sulfide) groups is 1. The maximum Gasteiger partial charge on any atom is 0.220 e. The predicted molar refractivity (Wildman–Crippen MR) is 81.7 cm³/mol. The van der Waals surface area contributed by atoms with E-state index in [0.29, 0.717) is 0 Å². The summed E-state index contributed by atoms with van der Waals surface area (Å²) in [6.07, 6.45) is 12.1. The summed E-state index contributed by atoms with van der Waals surface area (Å²) in [6.45, 7) is 0. The van der Waals surface area contributed by atoms with Crippen LogP contribution >= 0.6 is 11.8 Å². The van der Waals surface area contributed by atoms with Gasteiger partial charge in [0, 0.05) is 16.7 Å². The molecule has 0 nitrogen and oxygen atoms in total. The molecule has 0 aromatic heterocycles. The molecule has 0 spiro atoms. The standard InChI is InChI=1S/C16H21S2/c1-2-10-4-3-9(1)13-14(10)18-16-12-7-5-11(6-8-12)15(16)17-13/h9-13H,1-8H2/q+1. The molecule has 0 saturated heterocycles. The van der Waals surface area contributed by atoms with Crippen molar-refractivity contribution in [3.8, 4) is 0 Å². The summed E-state index contributed by atoms with van der Waals surface area (Å²) in [7, 11) is 0. The van der Waals surface area contributed by atoms with E-state index in [9.17, 15) is 0 Å². The maximum atomic E-state index is 2.35. The molecule has 0 aromatic rings. The SMILES string of the molecule is C1CC2CCC1C1=[S+]C3=C(SC12)C1CCC3CC1. The molecule has 6 aliphatic carbocycles. The Labute approximate surface area is 118 Å². The molecule has 4 saturated carbocycles. The Morgan fingerprint density at radius 2 is 1.44 bits per heavy atom. The van der Waals surface area contributed by atoms with Gasteiger partial charge in [-0.1, -0.05) is 0 Å². The smallest absolute Gasteiger partial charge is 0.111 e. The van der Waals surface area contributed by atoms with Gasteiger partial charge in [-0.2, -0.15) is 0 Å². The summed E-state index contributed by atoms with van der Waals surface area (Å²) >= 11 is 4.65. The highest BCUT2D eigenvalue weighted by atomic mass is 32.2. The molecular formula is C16H21S2+. The molecule has 0 amide bonds. The highest BCUT2D eigenvalue weighted by Gasteiger charge is 2.53. The fraction of sp³-hybridized carbons (Fsp3) is 0.812. The van der Waals surface area contributed by atoms with Crippen LogP contribution in [0.1, 0.15) is 51.4 Å². The number of rotatable bonds is 0. The van der Waals surface area contributed by atoms with Gasteiger partial charge in [-0.15, -0.1) is 11.8 Å². The summed E-state index contributed by atoms with van der Waals surface area (Å²) in [5.41, 5.74) is 0. The van der Waals surface area contributed by atoms with Gasteiger partial charge in [0.05, 0.1) is 5.25 Å². The van der Waals surface area contributed by atoms with Crippen molar-refractivity contribution in [1.29, 1.82) is 0 Å². The highest BCUT2D eigenvalue weighted by molar-refractivity contribution is 8.07. The minimum atomic E-state index is 0.931. The minimum absolute atomic E-state index is 0.931. The first kappa shape index (κ1) is 10.9. The first-order valence-corrected chi connectivity index (χ1v) is 9.55. The van der Waals surface area contributed by atoms with Crippen LogP contribution in [-0.4, -0.2) is 10.1 Å². The second-order valence-electron chi connectivity index (χ2n) is 6.93. The largest absolute Gasteiger partial charge is 0.220 e. The van der Waals surface area contributed by atoms with Crippen molar-refractivity contribution in [2.24, 2.45) is 23.7 Å². The topological polar surface area (TPSA) is 0 Å². The predicted octanol–water partition coefficient (Wildman–Crippen LogP) is 4.21. The summed E-state index contributed by atoms with van der Waals surface area (Å²) in [5, 5.41) is 0.931. The van der Waals surface area contributed by atoms with Gasteiger partial charge in [0.15, 0.2) is 0 Å². The van der Waals surface area contributed by atoms with E-state index in [1.54, 1.807) is 0 Å². The van der Waals surface area contributed by atoms with Gasteiger partial charge in [-0.05, 0) is 63.2 Å². The molecule has 1 heterocycles. The third-order valence-corrected chi connectivity index (χ3v) is 9.65. The van der Waals surface area contributed by atoms with Crippen LogP contribution in [0.25, 0.3) is 0 Å². The average molecular weight is 277 g/mol. The van der Waals surface area contributed by atoms with Crippen LogP contribution in [0.15, 0.2) is 9.81 Å². The van der Waals surface area contributed by atoms with Crippen molar-refractivity contribution in [3.05, 3.63) is 9.81 Å². The Morgan fingerprint density at radius 1 is 0.778 bits per heavy atom. The van der Waals surface area contributed by atoms with Crippen LogP contribution in [-0.2, 0) is 11.4 Å². The lowest BCUT2D eigenvalue weighted by Crippen LogP contribution is -2.46. The van der Waals surface area contributed by atoms with Crippen molar-refractivity contribution in [2.45, 2.75) is 56.6 Å². The van der Waals surface area contributed by atoms with Gasteiger partial charge in [-0.3, -0.25) is 0 Å². The summed E-state index contributed by atoms with van der Waals surface area (Å²) in [6, 6.07) is 0. The van der Waals surface area contributed by atoms with Crippen LogP contribution in [0.2, 0.25) is 0 Å². The van der Waals surface area contributed by atoms with Crippen molar-refractivity contribution in [2.75, 3.05) is 0 Å². The monoisotopic (exact) mass is 277 g/mol. The van der Waals surface area contributed by atoms with Gasteiger partial charge >= 0.3 is 0 Å². The average Bonchev–Trinajstić information content (AvgIpc) is 2.48. The van der Waals surface area contributed by atoms with Crippen LogP contribution < -0.4 is 0 Å². The van der Waals surface area contributed by atoms with Gasteiger partial charge in [0.25, 0.3) is 0 Å². The Bertz CT molecular complexity index is 446. The zero-order valence-electron chi connectivity index (χ0n) is 10.9. The molecule has 1 atom stereocenters. The Balaban J connectivity index is 1.61. The molecular weight excluding hydrogens is 256 g/mol. The molecule has 0 N–H and O–H groups in total. The number of hydrogen-bond acceptors (Lipinski definition) is 1. The molecule has 0 radical (unpaired) electrons. The maximum absolute atomic E-state index is 2.35. The summed E-state index contributed by atoms with van der Waals surface area (Å²) in [5.74, 6) is 3.98. The molecule has 1 unspecified atom stereocenters. The van der Waals surface area contributed by atoms with Gasteiger partial charge in [0.1, 0.15) is 0 Å². The van der Waals surface area contributed by atoms with E-state index in [2.05, 4.69) is 23.1 Å². The zero-order chi connectivity index (χ0) is 11.7. The first-order valence-electron chi connectivity index (χ1n) is 7.85. The van der Waals surface area contributed by atoms with Crippen molar-refractivity contribution < 1.29 is 0 Å². The minimum Gasteiger partial charge on any atom is -0.111 e. The number of hydrogen-bond donors (Lipinski definition) is 0. The lowest BCUT2D eigenvalue weighted by molar-refractivity contribution is 0.295. The Morgan fingerprint density at radius 3 is 2.22 bits per heavy atom. The highest BCUT2D eigenvalue weighted by Crippen LogP contribution is 2.56. The van der Waals surface area contributed by atoms with Crippen molar-refractivity contribution >= 4 is 28.0 Å². The Hall–Kier alpha value is 0.180. The van der Waals surface area contributed by atoms with E-state index in [1.807, 2.05) is 14.7 Å². The van der Waals surface area contributed by atoms with Crippen molar-refractivity contribution in [3.63, 3.8) is 0 Å². The van der Waals surface area contributed by atoms with Crippen molar-refractivity contribution in [1.82, 2.24) is 0 Å². The molecule has 4 bridgehead atoms. The van der Waals surface area contributed by atoms with E-state index in [0.717, 1.165) is 28.9 Å². The first-order chi connectivity index (χ1) is 8.90. The molecule has 1 aliphatic heterocycles. The van der Waals surface area contributed by atoms with Crippen LogP contribution in [0, 0.1) is 23.7 Å². The van der Waals surface area contributed by atoms with E-state index in [1.165, 1.54) is 51.4 Å². The lowest BCUT2D eigenvalue weighted by Gasteiger charge is -2.44. The fourth-order valence-electron chi connectivity index (χ4n) is 5.04. The van der Waals surface area contributed by atoms with E-state index < -0.39 is 0 Å². The number of fused-ring (bicyclic) bond motifs is 4. The molecule has 18 heavy (non-hydrogen) atoms. The van der Waals surface area contributed by atoms with E-state index in [4.69, 9.17) is 0 Å². The third kappa shape index (κ3) is 1.37. The fourth-order valence-corrected chi connectivity index (χ4v) is 8.99. The summed E-state index contributed by atoms with van der Waals surface area (Å²) < 4.78 is 0. The third-order valence-electron chi connectivity index (χ3n) is 6.08. The normalized spacial score (nSPS) is 48.9. The quantitative estimate of drug-likeness (QED) is 0.472. The lowest BCUT2D eigenvalue weighted by atomic mass is 9.70. The van der Waals surface area contributed by atoms with Gasteiger partial charge in [0.2, 0.25) is 21.1 Å². The van der Waals surface area contributed by atoms with Crippen LogP contribution in [0.5, 0.6) is 0 Å². The van der Waals surface area contributed by atoms with Crippen LogP contribution in [0.4, 0.5) is 0 Å². The molecule has 7 aliphatic rings. The Kier molecular flexibility index (Phi) is 2.33. The summed E-state index contributed by atoms with van der Waals surface area (Å²) in [4.78, 5) is 5.67. The molecule has 0 aromatic carbocycles. The van der Waals surface area contributed by atoms with E-state index >= 15 is 0 Å². The molecule has 2 heteroatoms. The van der Waals surface area contributed by atoms with Crippen LogP contribution in [0.3, 0.4) is 0 Å². The number of allylic oxidation sites excluding steroid dienone is 2. The van der Waals surface area contributed by atoms with Gasteiger partial charge in [-0.25, -0.2) is 0 Å². The zero-order valence-corrected chi connectivity index (χ0v) is 12.5. The second-order valence-corrected chi connectivity index (χ2v) is 9.23. The second kappa shape index (κ2) is 3.85. The van der Waals surface area contributed by atoms with Gasteiger partial charge < -0.3 is 0 Å². The molecule has 7 rings (SSSR count). The van der Waals surface area contributed by atoms with E-state index in [-0.39, 0.29) is 0 Å². The molecule has 4 fully saturated rings. The molecule has 96 valence electrons.